The summed E-state index contributed by atoms with van der Waals surface area (Å²) < 4.78 is 16.1. The Hall–Kier alpha value is -4.43. The number of nitrogens with one attached hydrogen (secondary N) is 3. The van der Waals surface area contributed by atoms with Crippen LogP contribution in [0.4, 0.5) is 4.39 Å². The smallest absolute Gasteiger partial charge is 0.268 e. The molecule has 0 radical (unpaired) electrons. The first-order valence-corrected chi connectivity index (χ1v) is 11.9. The van der Waals surface area contributed by atoms with E-state index in [0.29, 0.717) is 34.5 Å². The number of hydrogen-bond donors (Lipinski definition) is 3. The minimum atomic E-state index is -0.526. The maximum Gasteiger partial charge on any atom is 0.268 e. The molecule has 9 heteroatoms. The van der Waals surface area contributed by atoms with Crippen molar-refractivity contribution in [2.75, 3.05) is 0 Å². The van der Waals surface area contributed by atoms with Crippen LogP contribution in [0.25, 0.3) is 10.9 Å². The fraction of sp³-hybridized carbons (Fsp3) is 0.107. The van der Waals surface area contributed by atoms with Gasteiger partial charge in [-0.25, -0.2) is 4.39 Å². The highest BCUT2D eigenvalue weighted by molar-refractivity contribution is 6.35. The summed E-state index contributed by atoms with van der Waals surface area (Å²) in [4.78, 5) is 42.3. The third-order valence-electron chi connectivity index (χ3n) is 6.07. The van der Waals surface area contributed by atoms with Gasteiger partial charge in [0.1, 0.15) is 11.5 Å². The molecule has 0 bridgehead atoms. The zero-order chi connectivity index (χ0) is 25.9. The van der Waals surface area contributed by atoms with Crippen LogP contribution in [0.1, 0.15) is 32.7 Å². The first kappa shape index (κ1) is 24.3. The lowest BCUT2D eigenvalue weighted by atomic mass is 10.0. The summed E-state index contributed by atoms with van der Waals surface area (Å²) >= 11 is 6.11. The van der Waals surface area contributed by atoms with E-state index in [4.69, 9.17) is 11.6 Å². The highest BCUT2D eigenvalue weighted by Gasteiger charge is 2.13. The standard InChI is InChI=1S/C28H22ClFN4O3/c29-22-15-31-24-13-23(30)20(12-21(22)24)14-32-28(37)25-10-19(11-26(35)33-25)9-17-4-6-18(7-5-17)16-34-8-2-1-3-27(34)36/h1-8,10-13,15,31H,9,14,16H2,(H,32,37)(H,33,35). The van der Waals surface area contributed by atoms with Crippen molar-refractivity contribution in [2.24, 2.45) is 0 Å². The fourth-order valence-electron chi connectivity index (χ4n) is 4.17. The molecule has 3 heterocycles. The van der Waals surface area contributed by atoms with Crippen LogP contribution < -0.4 is 16.4 Å². The molecule has 3 N–H and O–H groups in total. The van der Waals surface area contributed by atoms with E-state index in [1.807, 2.05) is 30.3 Å². The summed E-state index contributed by atoms with van der Waals surface area (Å²) in [6, 6.07) is 18.7. The average molecular weight is 517 g/mol. The molecule has 0 unspecified atom stereocenters. The third kappa shape index (κ3) is 5.54. The van der Waals surface area contributed by atoms with E-state index in [2.05, 4.69) is 15.3 Å². The summed E-state index contributed by atoms with van der Waals surface area (Å²) in [7, 11) is 0. The Kier molecular flexibility index (Phi) is 6.74. The largest absolute Gasteiger partial charge is 0.360 e. The van der Waals surface area contributed by atoms with E-state index >= 15 is 0 Å². The number of hydrogen-bond acceptors (Lipinski definition) is 3. The van der Waals surface area contributed by atoms with E-state index in [0.717, 1.165) is 11.1 Å². The molecule has 5 aromatic rings. The molecule has 0 aliphatic heterocycles. The van der Waals surface area contributed by atoms with E-state index < -0.39 is 17.3 Å². The minimum absolute atomic E-state index is 0.0691. The number of carbonyl (C=O) groups excluding carboxylic acids is 1. The average Bonchev–Trinajstić information content (AvgIpc) is 3.23. The van der Waals surface area contributed by atoms with Gasteiger partial charge < -0.3 is 19.9 Å². The second-order valence-corrected chi connectivity index (χ2v) is 9.14. The lowest BCUT2D eigenvalue weighted by Gasteiger charge is -2.09. The van der Waals surface area contributed by atoms with Crippen LogP contribution in [-0.4, -0.2) is 20.4 Å². The maximum absolute atomic E-state index is 14.4. The summed E-state index contributed by atoms with van der Waals surface area (Å²) in [6.45, 7) is 0.388. The number of amides is 1. The summed E-state index contributed by atoms with van der Waals surface area (Å²) in [5, 5.41) is 3.77. The number of H-pyrrole nitrogens is 2. The number of aromatic nitrogens is 3. The molecule has 0 atom stereocenters. The zero-order valence-corrected chi connectivity index (χ0v) is 20.3. The first-order valence-electron chi connectivity index (χ1n) is 11.6. The van der Waals surface area contributed by atoms with Crippen LogP contribution in [0.5, 0.6) is 0 Å². The number of carbonyl (C=O) groups is 1. The molecule has 5 rings (SSSR count). The molecule has 0 fully saturated rings. The van der Waals surface area contributed by atoms with Crippen molar-refractivity contribution >= 4 is 28.4 Å². The summed E-state index contributed by atoms with van der Waals surface area (Å²) in [6.07, 6.45) is 3.75. The van der Waals surface area contributed by atoms with Crippen LogP contribution in [0.3, 0.4) is 0 Å². The quantitative estimate of drug-likeness (QED) is 0.299. The van der Waals surface area contributed by atoms with Crippen LogP contribution in [0.2, 0.25) is 5.02 Å². The Balaban J connectivity index is 1.27. The van der Waals surface area contributed by atoms with Crippen LogP contribution in [0, 0.1) is 5.82 Å². The van der Waals surface area contributed by atoms with Gasteiger partial charge in [0.05, 0.1) is 11.6 Å². The van der Waals surface area contributed by atoms with Crippen LogP contribution in [0.15, 0.2) is 88.7 Å². The normalized spacial score (nSPS) is 11.1. The fourth-order valence-corrected chi connectivity index (χ4v) is 4.38. The molecule has 186 valence electrons. The van der Waals surface area contributed by atoms with Gasteiger partial charge in [0, 0.05) is 47.5 Å². The topological polar surface area (TPSA) is 99.8 Å². The van der Waals surface area contributed by atoms with Gasteiger partial charge in [0.25, 0.3) is 11.5 Å². The van der Waals surface area contributed by atoms with Gasteiger partial charge in [0.15, 0.2) is 0 Å². The highest BCUT2D eigenvalue weighted by Crippen LogP contribution is 2.25. The molecule has 0 saturated carbocycles. The molecule has 1 amide bonds. The van der Waals surface area contributed by atoms with Gasteiger partial charge in [-0.3, -0.25) is 14.4 Å². The molecule has 7 nitrogen and oxygen atoms in total. The SMILES string of the molecule is O=C(NCc1cc2c(Cl)c[nH]c2cc1F)c1cc(Cc2ccc(Cn3ccccc3=O)cc2)cc(=O)[nH]1. The number of halogens is 2. The molecule has 2 aromatic carbocycles. The molecular weight excluding hydrogens is 495 g/mol. The lowest BCUT2D eigenvalue weighted by Crippen LogP contribution is -2.26. The van der Waals surface area contributed by atoms with Gasteiger partial charge in [-0.2, -0.15) is 0 Å². The van der Waals surface area contributed by atoms with E-state index in [1.165, 1.54) is 18.2 Å². The van der Waals surface area contributed by atoms with Gasteiger partial charge in [-0.15, -0.1) is 0 Å². The molecular formula is C28H22ClFN4O3. The first-order chi connectivity index (χ1) is 17.9. The Bertz CT molecular complexity index is 1720. The second-order valence-electron chi connectivity index (χ2n) is 8.74. The summed E-state index contributed by atoms with van der Waals surface area (Å²) in [5.41, 5.74) is 3.02. The van der Waals surface area contributed by atoms with Crippen molar-refractivity contribution in [2.45, 2.75) is 19.5 Å². The van der Waals surface area contributed by atoms with Crippen LogP contribution in [-0.2, 0) is 19.5 Å². The molecule has 0 spiro atoms. The third-order valence-corrected chi connectivity index (χ3v) is 6.38. The predicted molar refractivity (Wildman–Crippen MR) is 141 cm³/mol. The number of fused-ring (bicyclic) bond motifs is 1. The number of pyridine rings is 2. The lowest BCUT2D eigenvalue weighted by molar-refractivity contribution is 0.0945. The van der Waals surface area contributed by atoms with Crippen molar-refractivity contribution in [3.8, 4) is 0 Å². The van der Waals surface area contributed by atoms with E-state index in [1.54, 1.807) is 35.2 Å². The van der Waals surface area contributed by atoms with E-state index in [-0.39, 0.29) is 23.4 Å². The number of benzene rings is 2. The maximum atomic E-state index is 14.4. The van der Waals surface area contributed by atoms with Crippen molar-refractivity contribution < 1.29 is 9.18 Å². The Labute approximate surface area is 215 Å². The van der Waals surface area contributed by atoms with Crippen molar-refractivity contribution in [3.05, 3.63) is 139 Å². The molecule has 0 aliphatic carbocycles. The highest BCUT2D eigenvalue weighted by atomic mass is 35.5. The number of aromatic amines is 2. The van der Waals surface area contributed by atoms with Crippen LogP contribution >= 0.6 is 11.6 Å². The number of nitrogens with zero attached hydrogens (tertiary/aromatic N) is 1. The molecule has 37 heavy (non-hydrogen) atoms. The van der Waals surface area contributed by atoms with Gasteiger partial charge >= 0.3 is 0 Å². The van der Waals surface area contributed by atoms with Crippen molar-refractivity contribution in [1.29, 1.82) is 0 Å². The molecule has 3 aromatic heterocycles. The van der Waals surface area contributed by atoms with Crippen molar-refractivity contribution in [3.63, 3.8) is 0 Å². The van der Waals surface area contributed by atoms with Gasteiger partial charge in [0.2, 0.25) is 5.56 Å². The zero-order valence-electron chi connectivity index (χ0n) is 19.6. The minimum Gasteiger partial charge on any atom is -0.360 e. The second kappa shape index (κ2) is 10.3. The molecule has 0 aliphatic rings. The Morgan fingerprint density at radius 2 is 1.76 bits per heavy atom. The molecule has 0 saturated heterocycles. The van der Waals surface area contributed by atoms with E-state index in [9.17, 15) is 18.8 Å². The van der Waals surface area contributed by atoms with Gasteiger partial charge in [-0.1, -0.05) is 41.9 Å². The number of rotatable bonds is 7. The summed E-state index contributed by atoms with van der Waals surface area (Å²) in [5.74, 6) is -1.00. The van der Waals surface area contributed by atoms with Crippen molar-refractivity contribution in [1.82, 2.24) is 19.9 Å². The predicted octanol–water partition coefficient (Wildman–Crippen LogP) is 4.38. The monoisotopic (exact) mass is 516 g/mol. The van der Waals surface area contributed by atoms with Gasteiger partial charge in [-0.05, 0) is 47.4 Å². The Morgan fingerprint density at radius 3 is 2.54 bits per heavy atom. The Morgan fingerprint density at radius 1 is 0.973 bits per heavy atom.